The molecule has 0 saturated heterocycles. The van der Waals surface area contributed by atoms with Crippen molar-refractivity contribution in [2.45, 2.75) is 18.4 Å². The average molecular weight is 296 g/mol. The van der Waals surface area contributed by atoms with Crippen molar-refractivity contribution in [1.29, 1.82) is 0 Å². The molecule has 0 atom stereocenters. The van der Waals surface area contributed by atoms with Gasteiger partial charge in [-0.3, -0.25) is 19.2 Å². The van der Waals surface area contributed by atoms with Gasteiger partial charge in [0.25, 0.3) is 10.0 Å². The number of aliphatic carboxylic acids is 1. The Morgan fingerprint density at radius 2 is 2.20 bits per heavy atom. The molecule has 20 heavy (non-hydrogen) atoms. The van der Waals surface area contributed by atoms with Gasteiger partial charge in [-0.2, -0.15) is 5.10 Å². The Balaban J connectivity index is 2.25. The lowest BCUT2D eigenvalue weighted by Crippen LogP contribution is -2.13. The van der Waals surface area contributed by atoms with E-state index in [9.17, 15) is 13.2 Å². The summed E-state index contributed by atoms with van der Waals surface area (Å²) in [6.45, 7) is 1.32. The second-order valence-electron chi connectivity index (χ2n) is 4.06. The molecule has 0 aliphatic heterocycles. The zero-order valence-corrected chi connectivity index (χ0v) is 11.3. The fourth-order valence-electron chi connectivity index (χ4n) is 1.50. The van der Waals surface area contributed by atoms with Gasteiger partial charge < -0.3 is 5.11 Å². The fourth-order valence-corrected chi connectivity index (χ4v) is 2.58. The highest BCUT2D eigenvalue weighted by Gasteiger charge is 2.18. The van der Waals surface area contributed by atoms with Crippen LogP contribution in [-0.2, 0) is 21.4 Å². The third-order valence-electron chi connectivity index (χ3n) is 2.48. The molecular weight excluding hydrogens is 284 g/mol. The van der Waals surface area contributed by atoms with Crippen LogP contribution in [0.2, 0.25) is 0 Å². The van der Waals surface area contributed by atoms with Crippen LogP contribution in [0.5, 0.6) is 0 Å². The van der Waals surface area contributed by atoms with E-state index in [1.54, 1.807) is 6.92 Å². The van der Waals surface area contributed by atoms with Crippen molar-refractivity contribution < 1.29 is 18.3 Å². The van der Waals surface area contributed by atoms with Gasteiger partial charge in [-0.1, -0.05) is 0 Å². The third-order valence-corrected chi connectivity index (χ3v) is 3.80. The minimum atomic E-state index is -3.80. The van der Waals surface area contributed by atoms with E-state index in [-0.39, 0.29) is 4.90 Å². The molecular formula is C11H12N4O4S. The second-order valence-corrected chi connectivity index (χ2v) is 5.75. The Morgan fingerprint density at radius 3 is 2.85 bits per heavy atom. The van der Waals surface area contributed by atoms with Gasteiger partial charge in [-0.05, 0) is 18.6 Å². The minimum absolute atomic E-state index is 0.102. The number of aryl methyl sites for hydroxylation is 1. The third kappa shape index (κ3) is 3.12. The summed E-state index contributed by atoms with van der Waals surface area (Å²) in [5, 5.41) is 12.3. The minimum Gasteiger partial charge on any atom is -0.480 e. The molecule has 0 spiro atoms. The van der Waals surface area contributed by atoms with Crippen molar-refractivity contribution in [1.82, 2.24) is 14.8 Å². The summed E-state index contributed by atoms with van der Waals surface area (Å²) in [6.07, 6.45) is 5.26. The van der Waals surface area contributed by atoms with E-state index in [4.69, 9.17) is 5.11 Å². The number of rotatable bonds is 5. The largest absolute Gasteiger partial charge is 0.480 e. The summed E-state index contributed by atoms with van der Waals surface area (Å²) in [7, 11) is -3.80. The maximum absolute atomic E-state index is 12.1. The number of nitrogens with one attached hydrogen (secondary N) is 1. The molecule has 8 nitrogen and oxygen atoms in total. The fraction of sp³-hybridized carbons (Fsp3) is 0.182. The van der Waals surface area contributed by atoms with Gasteiger partial charge in [0.15, 0.2) is 0 Å². The zero-order valence-electron chi connectivity index (χ0n) is 10.5. The van der Waals surface area contributed by atoms with Crippen molar-refractivity contribution in [2.75, 3.05) is 4.72 Å². The van der Waals surface area contributed by atoms with Crippen LogP contribution in [0.1, 0.15) is 5.56 Å². The summed E-state index contributed by atoms with van der Waals surface area (Å²) in [5.41, 5.74) is 1.08. The lowest BCUT2D eigenvalue weighted by Gasteiger charge is -2.08. The van der Waals surface area contributed by atoms with Crippen molar-refractivity contribution in [3.8, 4) is 0 Å². The number of nitrogens with zero attached hydrogens (tertiary/aromatic N) is 3. The number of carbonyl (C=O) groups is 1. The van der Waals surface area contributed by atoms with Crippen LogP contribution in [-0.4, -0.2) is 34.3 Å². The Hall–Kier alpha value is -2.42. The standard InChI is InChI=1S/C11H12N4O4S/c1-8-4-12-3-2-10(8)14-20(18,19)9-5-13-15(6-9)7-11(16)17/h2-6H,7H2,1H3,(H,12,14)(H,16,17). The van der Waals surface area contributed by atoms with E-state index in [2.05, 4.69) is 14.8 Å². The van der Waals surface area contributed by atoms with Gasteiger partial charge in [-0.25, -0.2) is 8.42 Å². The number of carboxylic acids is 1. The molecule has 0 unspecified atom stereocenters. The highest BCUT2D eigenvalue weighted by atomic mass is 32.2. The van der Waals surface area contributed by atoms with Crippen LogP contribution in [0.3, 0.4) is 0 Å². The number of hydrogen-bond acceptors (Lipinski definition) is 5. The monoisotopic (exact) mass is 296 g/mol. The quantitative estimate of drug-likeness (QED) is 0.829. The molecule has 0 aromatic carbocycles. The van der Waals surface area contributed by atoms with E-state index < -0.39 is 22.5 Å². The molecule has 106 valence electrons. The van der Waals surface area contributed by atoms with Crippen molar-refractivity contribution in [3.63, 3.8) is 0 Å². The van der Waals surface area contributed by atoms with E-state index >= 15 is 0 Å². The van der Waals surface area contributed by atoms with Gasteiger partial charge >= 0.3 is 5.97 Å². The smallest absolute Gasteiger partial charge is 0.325 e. The number of sulfonamides is 1. The summed E-state index contributed by atoms with van der Waals surface area (Å²) >= 11 is 0. The first-order valence-corrected chi connectivity index (χ1v) is 7.04. The van der Waals surface area contributed by atoms with Gasteiger partial charge in [0.1, 0.15) is 11.4 Å². The summed E-state index contributed by atoms with van der Waals surface area (Å²) in [6, 6.07) is 1.54. The number of carboxylic acid groups (broad SMARTS) is 1. The first kappa shape index (κ1) is 14.0. The highest BCUT2D eigenvalue weighted by Crippen LogP contribution is 2.17. The molecule has 2 aromatic rings. The van der Waals surface area contributed by atoms with Gasteiger partial charge in [-0.15, -0.1) is 0 Å². The molecule has 0 amide bonds. The first-order chi connectivity index (χ1) is 9.38. The Bertz CT molecular complexity index is 738. The Kier molecular flexibility index (Phi) is 3.70. The molecule has 0 aliphatic rings. The molecule has 2 rings (SSSR count). The van der Waals surface area contributed by atoms with Crippen LogP contribution in [0.25, 0.3) is 0 Å². The number of anilines is 1. The number of hydrogen-bond donors (Lipinski definition) is 2. The summed E-state index contributed by atoms with van der Waals surface area (Å²) in [4.78, 5) is 14.3. The predicted octanol–water partition coefficient (Wildman–Crippen LogP) is 0.472. The topological polar surface area (TPSA) is 114 Å². The summed E-state index contributed by atoms with van der Waals surface area (Å²) in [5.74, 6) is -1.10. The Labute approximate surface area is 115 Å². The van der Waals surface area contributed by atoms with E-state index in [0.29, 0.717) is 11.3 Å². The van der Waals surface area contributed by atoms with Gasteiger partial charge in [0, 0.05) is 18.6 Å². The lowest BCUT2D eigenvalue weighted by molar-refractivity contribution is -0.137. The molecule has 0 bridgehead atoms. The van der Waals surface area contributed by atoms with Crippen LogP contribution in [0, 0.1) is 6.92 Å². The average Bonchev–Trinajstić information content (AvgIpc) is 2.80. The van der Waals surface area contributed by atoms with Crippen LogP contribution in [0.15, 0.2) is 35.7 Å². The lowest BCUT2D eigenvalue weighted by atomic mass is 10.3. The van der Waals surface area contributed by atoms with E-state index in [1.165, 1.54) is 18.5 Å². The maximum atomic E-state index is 12.1. The van der Waals surface area contributed by atoms with Crippen LogP contribution < -0.4 is 4.72 Å². The molecule has 0 saturated carbocycles. The zero-order chi connectivity index (χ0) is 14.8. The number of pyridine rings is 1. The van der Waals surface area contributed by atoms with Crippen molar-refractivity contribution in [3.05, 3.63) is 36.4 Å². The predicted molar refractivity (Wildman–Crippen MR) is 69.6 cm³/mol. The molecule has 0 aliphatic carbocycles. The van der Waals surface area contributed by atoms with E-state index in [0.717, 1.165) is 17.1 Å². The summed E-state index contributed by atoms with van der Waals surface area (Å²) < 4.78 is 27.7. The van der Waals surface area contributed by atoms with Crippen LogP contribution in [0.4, 0.5) is 5.69 Å². The normalized spacial score (nSPS) is 11.2. The molecule has 0 radical (unpaired) electrons. The molecule has 2 N–H and O–H groups in total. The van der Waals surface area contributed by atoms with Crippen LogP contribution >= 0.6 is 0 Å². The van der Waals surface area contributed by atoms with Gasteiger partial charge in [0.05, 0.1) is 11.9 Å². The SMILES string of the molecule is Cc1cnccc1NS(=O)(=O)c1cnn(CC(=O)O)c1. The molecule has 2 heterocycles. The van der Waals surface area contributed by atoms with Gasteiger partial charge in [0.2, 0.25) is 0 Å². The number of aromatic nitrogens is 3. The Morgan fingerprint density at radius 1 is 1.45 bits per heavy atom. The molecule has 9 heteroatoms. The molecule has 2 aromatic heterocycles. The maximum Gasteiger partial charge on any atom is 0.325 e. The van der Waals surface area contributed by atoms with E-state index in [1.807, 2.05) is 0 Å². The molecule has 0 fully saturated rings. The highest BCUT2D eigenvalue weighted by molar-refractivity contribution is 7.92. The van der Waals surface area contributed by atoms with Crippen molar-refractivity contribution >= 4 is 21.7 Å². The second kappa shape index (κ2) is 5.29. The van der Waals surface area contributed by atoms with Crippen molar-refractivity contribution in [2.24, 2.45) is 0 Å². The first-order valence-electron chi connectivity index (χ1n) is 5.56.